The second-order valence-corrected chi connectivity index (χ2v) is 10.5. The van der Waals surface area contributed by atoms with Gasteiger partial charge in [-0.05, 0) is 62.4 Å². The van der Waals surface area contributed by atoms with E-state index < -0.39 is 24.0 Å². The predicted octanol–water partition coefficient (Wildman–Crippen LogP) is 6.04. The fourth-order valence-electron chi connectivity index (χ4n) is 4.80. The van der Waals surface area contributed by atoms with Crippen molar-refractivity contribution in [2.45, 2.75) is 93.1 Å². The standard InChI is InChI=1S/C28H46O6/c1-9-18(2)10-19(3)11-20(4)12-21(5)13-22(6)14-24(28(31)32-8)15-23(7)27(30)34-25-16-26(29)33-17-25/h13-14,18-21,23,25H,9-12,15-17H2,1-8H3/b22-13+,24-14-/t18?,19?,20?,21?,23?,25-/m0/s1. The minimum atomic E-state index is -0.551. The highest BCUT2D eigenvalue weighted by atomic mass is 16.6. The molecule has 1 aliphatic rings. The summed E-state index contributed by atoms with van der Waals surface area (Å²) >= 11 is 0. The third-order valence-corrected chi connectivity index (χ3v) is 6.51. The average Bonchev–Trinajstić information content (AvgIpc) is 3.16. The van der Waals surface area contributed by atoms with Crippen LogP contribution in [0.2, 0.25) is 0 Å². The molecule has 0 saturated carbocycles. The molecule has 194 valence electrons. The molecule has 34 heavy (non-hydrogen) atoms. The Morgan fingerprint density at radius 2 is 1.68 bits per heavy atom. The average molecular weight is 479 g/mol. The van der Waals surface area contributed by atoms with Crippen LogP contribution in [0.3, 0.4) is 0 Å². The number of rotatable bonds is 14. The molecule has 1 aliphatic heterocycles. The van der Waals surface area contributed by atoms with Gasteiger partial charge in [0.1, 0.15) is 12.7 Å². The minimum absolute atomic E-state index is 0.0761. The van der Waals surface area contributed by atoms with Crippen LogP contribution in [0.1, 0.15) is 87.0 Å². The minimum Gasteiger partial charge on any atom is -0.466 e. The topological polar surface area (TPSA) is 78.9 Å². The number of carbonyl (C=O) groups excluding carboxylic acids is 3. The first kappa shape index (κ1) is 29.9. The molecule has 0 bridgehead atoms. The van der Waals surface area contributed by atoms with E-state index in [2.05, 4.69) is 40.7 Å². The zero-order valence-corrected chi connectivity index (χ0v) is 22.5. The van der Waals surface area contributed by atoms with Crippen molar-refractivity contribution in [1.82, 2.24) is 0 Å². The Morgan fingerprint density at radius 3 is 2.24 bits per heavy atom. The number of hydrogen-bond acceptors (Lipinski definition) is 6. The van der Waals surface area contributed by atoms with E-state index in [9.17, 15) is 14.4 Å². The molecule has 6 nitrogen and oxygen atoms in total. The Labute approximate surface area is 206 Å². The quantitative estimate of drug-likeness (QED) is 0.131. The molecule has 0 aromatic heterocycles. The smallest absolute Gasteiger partial charge is 0.333 e. The van der Waals surface area contributed by atoms with Gasteiger partial charge in [-0.1, -0.05) is 59.6 Å². The molecule has 0 aliphatic carbocycles. The van der Waals surface area contributed by atoms with E-state index >= 15 is 0 Å². The first-order valence-electron chi connectivity index (χ1n) is 12.8. The number of carbonyl (C=O) groups is 3. The molecular formula is C28H46O6. The van der Waals surface area contributed by atoms with Crippen LogP contribution in [0.25, 0.3) is 0 Å². The van der Waals surface area contributed by atoms with Crippen molar-refractivity contribution < 1.29 is 28.6 Å². The molecule has 1 fully saturated rings. The van der Waals surface area contributed by atoms with Crippen molar-refractivity contribution in [2.24, 2.45) is 29.6 Å². The summed E-state index contributed by atoms with van der Waals surface area (Å²) in [7, 11) is 1.34. The van der Waals surface area contributed by atoms with E-state index in [1.165, 1.54) is 26.4 Å². The highest BCUT2D eigenvalue weighted by Crippen LogP contribution is 2.26. The Kier molecular flexibility index (Phi) is 13.2. The molecule has 1 heterocycles. The van der Waals surface area contributed by atoms with Gasteiger partial charge in [0.05, 0.1) is 19.4 Å². The van der Waals surface area contributed by atoms with Gasteiger partial charge in [0.2, 0.25) is 0 Å². The third-order valence-electron chi connectivity index (χ3n) is 6.51. The van der Waals surface area contributed by atoms with Crippen molar-refractivity contribution >= 4 is 17.9 Å². The summed E-state index contributed by atoms with van der Waals surface area (Å²) in [5.74, 6) is 0.695. The molecule has 6 heteroatoms. The van der Waals surface area contributed by atoms with Crippen molar-refractivity contribution in [1.29, 1.82) is 0 Å². The lowest BCUT2D eigenvalue weighted by molar-refractivity contribution is -0.153. The van der Waals surface area contributed by atoms with E-state index in [1.54, 1.807) is 6.92 Å². The Morgan fingerprint density at radius 1 is 1.06 bits per heavy atom. The van der Waals surface area contributed by atoms with Crippen LogP contribution < -0.4 is 0 Å². The summed E-state index contributed by atoms with van der Waals surface area (Å²) in [6.45, 7) is 15.2. The SMILES string of the molecule is CCC(C)CC(C)CC(C)CC(C)/C=C(C)/C=C(/CC(C)C(=O)O[C@@H]1COC(=O)C1)C(=O)OC. The molecule has 0 aromatic rings. The second-order valence-electron chi connectivity index (χ2n) is 10.5. The number of allylic oxidation sites excluding steroid dienone is 3. The summed E-state index contributed by atoms with van der Waals surface area (Å²) in [4.78, 5) is 36.0. The molecule has 0 spiro atoms. The van der Waals surface area contributed by atoms with Crippen molar-refractivity contribution in [2.75, 3.05) is 13.7 Å². The Balaban J connectivity index is 2.71. The lowest BCUT2D eigenvalue weighted by atomic mass is 9.84. The van der Waals surface area contributed by atoms with Gasteiger partial charge >= 0.3 is 17.9 Å². The number of ether oxygens (including phenoxy) is 3. The summed E-state index contributed by atoms with van der Waals surface area (Å²) in [6.07, 6.45) is 8.55. The first-order valence-corrected chi connectivity index (χ1v) is 12.8. The monoisotopic (exact) mass is 478 g/mol. The van der Waals surface area contributed by atoms with Gasteiger partial charge in [-0.2, -0.15) is 0 Å². The van der Waals surface area contributed by atoms with Crippen molar-refractivity contribution in [3.05, 3.63) is 23.3 Å². The second kappa shape index (κ2) is 15.0. The van der Waals surface area contributed by atoms with E-state index in [1.807, 2.05) is 13.0 Å². The van der Waals surface area contributed by atoms with E-state index in [0.717, 1.165) is 23.8 Å². The van der Waals surface area contributed by atoms with E-state index in [4.69, 9.17) is 14.2 Å². The fraction of sp³-hybridized carbons (Fsp3) is 0.750. The molecular weight excluding hydrogens is 432 g/mol. The maximum atomic E-state index is 12.4. The Bertz CT molecular complexity index is 737. The van der Waals surface area contributed by atoms with Crippen LogP contribution >= 0.6 is 0 Å². The molecule has 5 unspecified atom stereocenters. The number of esters is 3. The summed E-state index contributed by atoms with van der Waals surface area (Å²) < 4.78 is 15.1. The summed E-state index contributed by atoms with van der Waals surface area (Å²) in [5, 5.41) is 0. The van der Waals surface area contributed by atoms with Gasteiger partial charge in [-0.15, -0.1) is 0 Å². The van der Waals surface area contributed by atoms with Gasteiger partial charge in [-0.25, -0.2) is 4.79 Å². The van der Waals surface area contributed by atoms with Gasteiger partial charge in [0.15, 0.2) is 0 Å². The lowest BCUT2D eigenvalue weighted by Crippen LogP contribution is -2.24. The largest absolute Gasteiger partial charge is 0.466 e. The van der Waals surface area contributed by atoms with Crippen molar-refractivity contribution in [3.63, 3.8) is 0 Å². The number of methoxy groups -OCH3 is 1. The van der Waals surface area contributed by atoms with Gasteiger partial charge < -0.3 is 14.2 Å². The highest BCUT2D eigenvalue weighted by molar-refractivity contribution is 5.90. The third kappa shape index (κ3) is 11.3. The molecule has 1 rings (SSSR count). The number of hydrogen-bond donors (Lipinski definition) is 0. The molecule has 0 aromatic carbocycles. The fourth-order valence-corrected chi connectivity index (χ4v) is 4.80. The maximum absolute atomic E-state index is 12.4. The summed E-state index contributed by atoms with van der Waals surface area (Å²) in [6, 6.07) is 0. The van der Waals surface area contributed by atoms with Crippen LogP contribution in [-0.2, 0) is 28.6 Å². The van der Waals surface area contributed by atoms with Crippen LogP contribution in [0.4, 0.5) is 0 Å². The maximum Gasteiger partial charge on any atom is 0.333 e. The molecule has 0 amide bonds. The predicted molar refractivity (Wildman–Crippen MR) is 134 cm³/mol. The van der Waals surface area contributed by atoms with Gasteiger partial charge in [-0.3, -0.25) is 9.59 Å². The van der Waals surface area contributed by atoms with Crippen LogP contribution in [0.5, 0.6) is 0 Å². The van der Waals surface area contributed by atoms with Gasteiger partial charge in [0.25, 0.3) is 0 Å². The van der Waals surface area contributed by atoms with E-state index in [-0.39, 0.29) is 25.4 Å². The van der Waals surface area contributed by atoms with Crippen molar-refractivity contribution in [3.8, 4) is 0 Å². The molecule has 6 atom stereocenters. The first-order chi connectivity index (χ1) is 15.9. The zero-order valence-electron chi connectivity index (χ0n) is 22.5. The molecule has 0 radical (unpaired) electrons. The van der Waals surface area contributed by atoms with E-state index in [0.29, 0.717) is 17.4 Å². The van der Waals surface area contributed by atoms with Gasteiger partial charge in [0, 0.05) is 5.57 Å². The van der Waals surface area contributed by atoms with Crippen LogP contribution in [0, 0.1) is 29.6 Å². The molecule has 1 saturated heterocycles. The zero-order chi connectivity index (χ0) is 25.8. The normalized spacial score (nSPS) is 21.3. The lowest BCUT2D eigenvalue weighted by Gasteiger charge is -2.21. The molecule has 0 N–H and O–H groups in total. The Hall–Kier alpha value is -2.11. The van der Waals surface area contributed by atoms with Crippen LogP contribution in [-0.4, -0.2) is 37.7 Å². The number of cyclic esters (lactones) is 1. The van der Waals surface area contributed by atoms with Crippen LogP contribution in [0.15, 0.2) is 23.3 Å². The highest BCUT2D eigenvalue weighted by Gasteiger charge is 2.29. The summed E-state index contributed by atoms with van der Waals surface area (Å²) in [5.41, 5.74) is 1.41.